The molecule has 2 rings (SSSR count). The van der Waals surface area contributed by atoms with Gasteiger partial charge in [0, 0.05) is 5.56 Å². The Morgan fingerprint density at radius 1 is 1.17 bits per heavy atom. The van der Waals surface area contributed by atoms with E-state index in [4.69, 9.17) is 10.5 Å². The molecule has 0 spiro atoms. The predicted molar refractivity (Wildman–Crippen MR) is 75.6 cm³/mol. The van der Waals surface area contributed by atoms with Crippen LogP contribution in [0.4, 0.5) is 0 Å². The van der Waals surface area contributed by atoms with Gasteiger partial charge in [0.05, 0.1) is 13.2 Å². The summed E-state index contributed by atoms with van der Waals surface area (Å²) in [6.07, 6.45) is 0.873. The van der Waals surface area contributed by atoms with Gasteiger partial charge in [-0.25, -0.2) is 0 Å². The van der Waals surface area contributed by atoms with Gasteiger partial charge < -0.3 is 10.5 Å². The molecule has 0 aliphatic rings. The van der Waals surface area contributed by atoms with Crippen LogP contribution in [0.2, 0.25) is 0 Å². The highest BCUT2D eigenvalue weighted by Gasteiger charge is 1.97. The molecule has 0 radical (unpaired) electrons. The number of hydrogen-bond acceptors (Lipinski definition) is 2. The number of hydrogen-bond donors (Lipinski definition) is 1. The maximum absolute atomic E-state index is 5.78. The van der Waals surface area contributed by atoms with Crippen LogP contribution in [0, 0.1) is 11.8 Å². The van der Waals surface area contributed by atoms with E-state index in [1.807, 2.05) is 31.2 Å². The third-order valence-electron chi connectivity index (χ3n) is 2.89. The summed E-state index contributed by atoms with van der Waals surface area (Å²) in [6.45, 7) is 2.03. The number of rotatable bonds is 2. The SMILES string of the molecule is CCC(N)C#Cc1ccc2cc(OC)ccc2c1. The van der Waals surface area contributed by atoms with Gasteiger partial charge in [0.25, 0.3) is 0 Å². The number of ether oxygens (including phenoxy) is 1. The lowest BCUT2D eigenvalue weighted by Gasteiger charge is -2.03. The van der Waals surface area contributed by atoms with E-state index in [2.05, 4.69) is 24.0 Å². The van der Waals surface area contributed by atoms with Gasteiger partial charge >= 0.3 is 0 Å². The molecule has 2 aromatic rings. The van der Waals surface area contributed by atoms with Gasteiger partial charge in [-0.15, -0.1) is 0 Å². The second-order valence-corrected chi connectivity index (χ2v) is 4.21. The van der Waals surface area contributed by atoms with Crippen LogP contribution in [0.25, 0.3) is 10.8 Å². The molecule has 0 fully saturated rings. The molecule has 92 valence electrons. The van der Waals surface area contributed by atoms with Crippen LogP contribution in [-0.2, 0) is 0 Å². The van der Waals surface area contributed by atoms with Crippen LogP contribution >= 0.6 is 0 Å². The molecule has 0 heterocycles. The summed E-state index contributed by atoms with van der Waals surface area (Å²) in [5.74, 6) is 7.02. The fourth-order valence-electron chi connectivity index (χ4n) is 1.71. The van der Waals surface area contributed by atoms with Crippen molar-refractivity contribution in [2.45, 2.75) is 19.4 Å². The molecule has 0 saturated heterocycles. The standard InChI is InChI=1S/C16H17NO/c1-3-15(17)8-5-12-4-6-14-11-16(18-2)9-7-13(14)10-12/h4,6-7,9-11,15H,3,17H2,1-2H3. The molecular formula is C16H17NO. The van der Waals surface area contributed by atoms with E-state index < -0.39 is 0 Å². The van der Waals surface area contributed by atoms with Crippen molar-refractivity contribution < 1.29 is 4.74 Å². The van der Waals surface area contributed by atoms with Crippen LogP contribution in [0.5, 0.6) is 5.75 Å². The fourth-order valence-corrected chi connectivity index (χ4v) is 1.71. The molecule has 0 aromatic heterocycles. The summed E-state index contributed by atoms with van der Waals surface area (Å²) in [5.41, 5.74) is 6.78. The summed E-state index contributed by atoms with van der Waals surface area (Å²) in [6, 6.07) is 12.1. The topological polar surface area (TPSA) is 35.2 Å². The molecule has 2 heteroatoms. The summed E-state index contributed by atoms with van der Waals surface area (Å²) in [7, 11) is 1.67. The Kier molecular flexibility index (Phi) is 3.86. The summed E-state index contributed by atoms with van der Waals surface area (Å²) < 4.78 is 5.20. The highest BCUT2D eigenvalue weighted by Crippen LogP contribution is 2.21. The Morgan fingerprint density at radius 2 is 1.89 bits per heavy atom. The first-order chi connectivity index (χ1) is 8.72. The Morgan fingerprint density at radius 3 is 2.61 bits per heavy atom. The van der Waals surface area contributed by atoms with E-state index >= 15 is 0 Å². The van der Waals surface area contributed by atoms with Crippen molar-refractivity contribution in [1.29, 1.82) is 0 Å². The quantitative estimate of drug-likeness (QED) is 0.818. The molecule has 0 aliphatic heterocycles. The molecule has 2 N–H and O–H groups in total. The van der Waals surface area contributed by atoms with Crippen molar-refractivity contribution in [2.24, 2.45) is 5.73 Å². The minimum absolute atomic E-state index is 0.0448. The lowest BCUT2D eigenvalue weighted by Crippen LogP contribution is -2.15. The van der Waals surface area contributed by atoms with E-state index in [1.165, 1.54) is 0 Å². The van der Waals surface area contributed by atoms with Crippen LogP contribution in [0.15, 0.2) is 36.4 Å². The van der Waals surface area contributed by atoms with Crippen molar-refractivity contribution in [3.05, 3.63) is 42.0 Å². The second-order valence-electron chi connectivity index (χ2n) is 4.21. The number of nitrogens with two attached hydrogens (primary N) is 1. The van der Waals surface area contributed by atoms with Crippen molar-refractivity contribution in [2.75, 3.05) is 7.11 Å². The first-order valence-corrected chi connectivity index (χ1v) is 6.08. The molecular weight excluding hydrogens is 222 g/mol. The largest absolute Gasteiger partial charge is 0.497 e. The number of fused-ring (bicyclic) bond motifs is 1. The number of benzene rings is 2. The van der Waals surface area contributed by atoms with Crippen molar-refractivity contribution in [1.82, 2.24) is 0 Å². The normalized spacial score (nSPS) is 11.7. The Balaban J connectivity index is 2.35. The minimum atomic E-state index is -0.0448. The van der Waals surface area contributed by atoms with Crippen molar-refractivity contribution in [3.8, 4) is 17.6 Å². The first-order valence-electron chi connectivity index (χ1n) is 6.08. The van der Waals surface area contributed by atoms with Crippen LogP contribution in [-0.4, -0.2) is 13.2 Å². The van der Waals surface area contributed by atoms with E-state index in [0.29, 0.717) is 0 Å². The molecule has 1 atom stereocenters. The minimum Gasteiger partial charge on any atom is -0.497 e. The van der Waals surface area contributed by atoms with Gasteiger partial charge in [0.15, 0.2) is 0 Å². The Labute approximate surface area is 108 Å². The third kappa shape index (κ3) is 2.82. The Bertz CT molecular complexity index is 607. The summed E-state index contributed by atoms with van der Waals surface area (Å²) in [5, 5.41) is 2.31. The smallest absolute Gasteiger partial charge is 0.119 e. The van der Waals surface area contributed by atoms with Crippen molar-refractivity contribution >= 4 is 10.8 Å². The average molecular weight is 239 g/mol. The van der Waals surface area contributed by atoms with Crippen molar-refractivity contribution in [3.63, 3.8) is 0 Å². The van der Waals surface area contributed by atoms with Crippen LogP contribution < -0.4 is 10.5 Å². The maximum Gasteiger partial charge on any atom is 0.119 e. The van der Waals surface area contributed by atoms with Crippen LogP contribution in [0.3, 0.4) is 0 Å². The average Bonchev–Trinajstić information content (AvgIpc) is 2.43. The molecule has 18 heavy (non-hydrogen) atoms. The monoisotopic (exact) mass is 239 g/mol. The first kappa shape index (κ1) is 12.5. The molecule has 1 unspecified atom stereocenters. The van der Waals surface area contributed by atoms with Gasteiger partial charge in [-0.2, -0.15) is 0 Å². The van der Waals surface area contributed by atoms with Gasteiger partial charge in [-0.1, -0.05) is 30.9 Å². The number of methoxy groups -OCH3 is 1. The molecule has 2 aromatic carbocycles. The molecule has 0 bridgehead atoms. The maximum atomic E-state index is 5.78. The lowest BCUT2D eigenvalue weighted by atomic mass is 10.1. The van der Waals surface area contributed by atoms with Gasteiger partial charge in [-0.05, 0) is 41.5 Å². The van der Waals surface area contributed by atoms with Gasteiger partial charge in [0.2, 0.25) is 0 Å². The zero-order chi connectivity index (χ0) is 13.0. The zero-order valence-electron chi connectivity index (χ0n) is 10.7. The highest BCUT2D eigenvalue weighted by molar-refractivity contribution is 5.85. The lowest BCUT2D eigenvalue weighted by molar-refractivity contribution is 0.415. The van der Waals surface area contributed by atoms with Crippen LogP contribution in [0.1, 0.15) is 18.9 Å². The molecule has 0 saturated carbocycles. The summed E-state index contributed by atoms with van der Waals surface area (Å²) >= 11 is 0. The van der Waals surface area contributed by atoms with E-state index in [-0.39, 0.29) is 6.04 Å². The van der Waals surface area contributed by atoms with E-state index in [0.717, 1.165) is 28.5 Å². The Hall–Kier alpha value is -1.98. The summed E-state index contributed by atoms with van der Waals surface area (Å²) in [4.78, 5) is 0. The van der Waals surface area contributed by atoms with Gasteiger partial charge in [0.1, 0.15) is 5.75 Å². The molecule has 0 aliphatic carbocycles. The molecule has 2 nitrogen and oxygen atoms in total. The predicted octanol–water partition coefficient (Wildman–Crippen LogP) is 2.94. The third-order valence-corrected chi connectivity index (χ3v) is 2.89. The zero-order valence-corrected chi connectivity index (χ0v) is 10.7. The highest BCUT2D eigenvalue weighted by atomic mass is 16.5. The van der Waals surface area contributed by atoms with E-state index in [9.17, 15) is 0 Å². The molecule has 0 amide bonds. The fraction of sp³-hybridized carbons (Fsp3) is 0.250. The van der Waals surface area contributed by atoms with E-state index in [1.54, 1.807) is 7.11 Å². The second kappa shape index (κ2) is 5.57. The van der Waals surface area contributed by atoms with Gasteiger partial charge in [-0.3, -0.25) is 0 Å².